The third-order valence-electron chi connectivity index (χ3n) is 2.79. The zero-order valence-corrected chi connectivity index (χ0v) is 11.6. The molecule has 0 spiro atoms. The van der Waals surface area contributed by atoms with Gasteiger partial charge in [0.05, 0.1) is 6.61 Å². The van der Waals surface area contributed by atoms with Gasteiger partial charge in [-0.15, -0.1) is 0 Å². The highest BCUT2D eigenvalue weighted by Crippen LogP contribution is 2.30. The summed E-state index contributed by atoms with van der Waals surface area (Å²) in [6.45, 7) is 4.39. The Morgan fingerprint density at radius 1 is 1.26 bits per heavy atom. The fourth-order valence-corrected chi connectivity index (χ4v) is 1.75. The number of hydrogen-bond acceptors (Lipinski definition) is 4. The van der Waals surface area contributed by atoms with Crippen LogP contribution in [0.1, 0.15) is 51.2 Å². The van der Waals surface area contributed by atoms with Crippen molar-refractivity contribution in [3.8, 4) is 5.75 Å². The Bertz CT molecular complexity index is 389. The van der Waals surface area contributed by atoms with Crippen molar-refractivity contribution in [3.63, 3.8) is 0 Å². The summed E-state index contributed by atoms with van der Waals surface area (Å²) in [6, 6.07) is 6.89. The first-order valence-electron chi connectivity index (χ1n) is 6.80. The average Bonchev–Trinajstić information content (AvgIpc) is 2.39. The van der Waals surface area contributed by atoms with Crippen LogP contribution in [-0.4, -0.2) is 17.9 Å². The van der Waals surface area contributed by atoms with Gasteiger partial charge < -0.3 is 14.6 Å². The van der Waals surface area contributed by atoms with Gasteiger partial charge in [0.15, 0.2) is 0 Å². The van der Waals surface area contributed by atoms with Crippen LogP contribution in [-0.2, 0) is 9.47 Å². The van der Waals surface area contributed by atoms with Crippen molar-refractivity contribution in [2.45, 2.75) is 45.6 Å². The minimum atomic E-state index is -0.671. The molecule has 0 aliphatic carbocycles. The maximum Gasteiger partial charge on any atom is 0.508 e. The number of unbranched alkanes of at least 4 members (excludes halogenated alkanes) is 1. The highest BCUT2D eigenvalue weighted by Gasteiger charge is 2.19. The van der Waals surface area contributed by atoms with Crippen LogP contribution in [0.15, 0.2) is 24.3 Å². The SMILES string of the molecule is CCCCOC(=O)OC(CCC)c1ccccc1O. The van der Waals surface area contributed by atoms with Crippen LogP contribution in [0.2, 0.25) is 0 Å². The van der Waals surface area contributed by atoms with Crippen LogP contribution in [0.3, 0.4) is 0 Å². The number of phenolic OH excluding ortho intramolecular Hbond substituents is 1. The van der Waals surface area contributed by atoms with Gasteiger partial charge in [-0.3, -0.25) is 0 Å². The summed E-state index contributed by atoms with van der Waals surface area (Å²) in [4.78, 5) is 11.6. The molecule has 0 aliphatic rings. The molecule has 1 N–H and O–H groups in total. The Labute approximate surface area is 114 Å². The van der Waals surface area contributed by atoms with Crippen LogP contribution in [0.5, 0.6) is 5.75 Å². The predicted molar refractivity (Wildman–Crippen MR) is 73.1 cm³/mol. The molecule has 0 fully saturated rings. The van der Waals surface area contributed by atoms with Crippen molar-refractivity contribution in [2.24, 2.45) is 0 Å². The standard InChI is InChI=1S/C15H22O4/c1-3-5-11-18-15(17)19-14(8-4-2)12-9-6-7-10-13(12)16/h6-7,9-10,14,16H,3-5,8,11H2,1-2H3. The predicted octanol–water partition coefficient (Wildman–Crippen LogP) is 4.19. The molecule has 0 saturated carbocycles. The first kappa shape index (κ1) is 15.3. The molecule has 0 aromatic heterocycles. The summed E-state index contributed by atoms with van der Waals surface area (Å²) in [5.41, 5.74) is 0.622. The molecule has 0 aliphatic heterocycles. The number of phenols is 1. The van der Waals surface area contributed by atoms with Crippen molar-refractivity contribution >= 4 is 6.16 Å². The van der Waals surface area contributed by atoms with E-state index in [1.165, 1.54) is 0 Å². The molecule has 0 saturated heterocycles. The monoisotopic (exact) mass is 266 g/mol. The minimum absolute atomic E-state index is 0.141. The number of hydrogen-bond donors (Lipinski definition) is 1. The summed E-state index contributed by atoms with van der Waals surface area (Å²) in [6.07, 6.45) is 2.16. The second kappa shape index (κ2) is 8.40. The van der Waals surface area contributed by atoms with E-state index >= 15 is 0 Å². The maximum atomic E-state index is 11.6. The first-order chi connectivity index (χ1) is 9.19. The molecule has 106 valence electrons. The Morgan fingerprint density at radius 2 is 2.00 bits per heavy atom. The van der Waals surface area contributed by atoms with Gasteiger partial charge in [-0.05, 0) is 18.9 Å². The van der Waals surface area contributed by atoms with E-state index in [4.69, 9.17) is 9.47 Å². The molecule has 4 heteroatoms. The van der Waals surface area contributed by atoms with Gasteiger partial charge in [0.2, 0.25) is 0 Å². The summed E-state index contributed by atoms with van der Waals surface area (Å²) in [7, 11) is 0. The number of para-hydroxylation sites is 1. The quantitative estimate of drug-likeness (QED) is 0.594. The molecule has 1 unspecified atom stereocenters. The molecule has 1 aromatic carbocycles. The van der Waals surface area contributed by atoms with Crippen molar-refractivity contribution in [1.82, 2.24) is 0 Å². The van der Waals surface area contributed by atoms with Crippen LogP contribution in [0.4, 0.5) is 4.79 Å². The van der Waals surface area contributed by atoms with Gasteiger partial charge in [-0.2, -0.15) is 0 Å². The van der Waals surface area contributed by atoms with Crippen LogP contribution < -0.4 is 0 Å². The van der Waals surface area contributed by atoms with E-state index < -0.39 is 12.3 Å². The number of ether oxygens (including phenoxy) is 2. The maximum absolute atomic E-state index is 11.6. The first-order valence-corrected chi connectivity index (χ1v) is 6.80. The molecule has 0 amide bonds. The van der Waals surface area contributed by atoms with Crippen molar-refractivity contribution in [3.05, 3.63) is 29.8 Å². The van der Waals surface area contributed by atoms with E-state index in [0.717, 1.165) is 19.3 Å². The molecule has 0 heterocycles. The molecule has 1 rings (SSSR count). The van der Waals surface area contributed by atoms with Crippen LogP contribution >= 0.6 is 0 Å². The Morgan fingerprint density at radius 3 is 2.63 bits per heavy atom. The Balaban J connectivity index is 2.63. The summed E-state index contributed by atoms with van der Waals surface area (Å²) in [5, 5.41) is 9.80. The van der Waals surface area contributed by atoms with Gasteiger partial charge in [-0.1, -0.05) is 44.9 Å². The fraction of sp³-hybridized carbons (Fsp3) is 0.533. The lowest BCUT2D eigenvalue weighted by Crippen LogP contribution is -2.13. The highest BCUT2D eigenvalue weighted by atomic mass is 16.7. The number of carbonyl (C=O) groups is 1. The van der Waals surface area contributed by atoms with Crippen molar-refractivity contribution < 1.29 is 19.4 Å². The van der Waals surface area contributed by atoms with E-state index in [1.54, 1.807) is 18.2 Å². The van der Waals surface area contributed by atoms with E-state index in [-0.39, 0.29) is 5.75 Å². The zero-order valence-electron chi connectivity index (χ0n) is 11.6. The second-order valence-corrected chi connectivity index (χ2v) is 4.41. The average molecular weight is 266 g/mol. The fourth-order valence-electron chi connectivity index (χ4n) is 1.75. The topological polar surface area (TPSA) is 55.8 Å². The van der Waals surface area contributed by atoms with Gasteiger partial charge in [0.25, 0.3) is 0 Å². The van der Waals surface area contributed by atoms with Gasteiger partial charge in [-0.25, -0.2) is 4.79 Å². The molecule has 19 heavy (non-hydrogen) atoms. The van der Waals surface area contributed by atoms with Crippen LogP contribution in [0.25, 0.3) is 0 Å². The summed E-state index contributed by atoms with van der Waals surface area (Å²) >= 11 is 0. The van der Waals surface area contributed by atoms with Gasteiger partial charge in [0, 0.05) is 5.56 Å². The summed E-state index contributed by atoms with van der Waals surface area (Å²) < 4.78 is 10.3. The normalized spacial score (nSPS) is 11.9. The smallest absolute Gasteiger partial charge is 0.508 e. The second-order valence-electron chi connectivity index (χ2n) is 4.41. The number of benzene rings is 1. The Hall–Kier alpha value is -1.71. The number of rotatable bonds is 7. The molecule has 1 atom stereocenters. The van der Waals surface area contributed by atoms with E-state index in [9.17, 15) is 9.90 Å². The lowest BCUT2D eigenvalue weighted by molar-refractivity contribution is 0.0184. The molecule has 1 aromatic rings. The minimum Gasteiger partial charge on any atom is -0.508 e. The van der Waals surface area contributed by atoms with E-state index in [2.05, 4.69) is 0 Å². The lowest BCUT2D eigenvalue weighted by Gasteiger charge is -2.18. The third-order valence-corrected chi connectivity index (χ3v) is 2.79. The largest absolute Gasteiger partial charge is 0.508 e. The van der Waals surface area contributed by atoms with Crippen LogP contribution in [0, 0.1) is 0 Å². The zero-order chi connectivity index (χ0) is 14.1. The molecular weight excluding hydrogens is 244 g/mol. The number of aromatic hydroxyl groups is 1. The highest BCUT2D eigenvalue weighted by molar-refractivity contribution is 5.60. The number of carbonyl (C=O) groups excluding carboxylic acids is 1. The van der Waals surface area contributed by atoms with Crippen molar-refractivity contribution in [2.75, 3.05) is 6.61 Å². The third kappa shape index (κ3) is 5.20. The summed E-state index contributed by atoms with van der Waals surface area (Å²) in [5.74, 6) is 0.141. The molecule has 4 nitrogen and oxygen atoms in total. The van der Waals surface area contributed by atoms with Gasteiger partial charge >= 0.3 is 6.16 Å². The van der Waals surface area contributed by atoms with E-state index in [1.807, 2.05) is 19.9 Å². The molecular formula is C15H22O4. The molecule has 0 radical (unpaired) electrons. The molecule has 0 bridgehead atoms. The van der Waals surface area contributed by atoms with Crippen molar-refractivity contribution in [1.29, 1.82) is 0 Å². The lowest BCUT2D eigenvalue weighted by atomic mass is 10.0. The van der Waals surface area contributed by atoms with Gasteiger partial charge in [0.1, 0.15) is 11.9 Å². The Kier molecular flexibility index (Phi) is 6.79. The van der Waals surface area contributed by atoms with E-state index in [0.29, 0.717) is 18.6 Å².